The smallest absolute Gasteiger partial charge is 0.270 e. The first-order chi connectivity index (χ1) is 9.89. The molecule has 21 heavy (non-hydrogen) atoms. The second kappa shape index (κ2) is 6.40. The largest absolute Gasteiger partial charge is 0.370 e. The van der Waals surface area contributed by atoms with Crippen molar-refractivity contribution in [2.45, 2.75) is 37.0 Å². The molecule has 1 aliphatic heterocycles. The number of hydrogen-bond donors (Lipinski definition) is 1. The van der Waals surface area contributed by atoms with E-state index in [1.165, 1.54) is 18.6 Å². The second-order valence-electron chi connectivity index (χ2n) is 5.21. The maximum Gasteiger partial charge on any atom is 0.270 e. The van der Waals surface area contributed by atoms with E-state index in [0.717, 1.165) is 44.8 Å². The van der Waals surface area contributed by atoms with Gasteiger partial charge in [-0.05, 0) is 18.9 Å². The normalized spacial score (nSPS) is 17.1. The Morgan fingerprint density at radius 3 is 2.19 bits per heavy atom. The van der Waals surface area contributed by atoms with Crippen LogP contribution in [-0.4, -0.2) is 26.4 Å². The number of non-ortho nitro benzene ring substituents is 1. The van der Waals surface area contributed by atoms with Crippen molar-refractivity contribution >= 4 is 21.4 Å². The Kier molecular flexibility index (Phi) is 4.79. The number of nitrogens with two attached hydrogens (primary N) is 1. The van der Waals surface area contributed by atoms with Crippen LogP contribution in [0, 0.1) is 10.1 Å². The third-order valence-electron chi connectivity index (χ3n) is 3.66. The van der Waals surface area contributed by atoms with Gasteiger partial charge in [0.15, 0.2) is 0 Å². The molecule has 1 saturated heterocycles. The zero-order chi connectivity index (χ0) is 15.5. The Bertz CT molecular complexity index is 622. The lowest BCUT2D eigenvalue weighted by atomic mass is 10.1. The minimum atomic E-state index is -4.01. The standard InChI is InChI=1S/C13H19N3O4S/c14-21(19,20)13-10-11(16(17)18)6-7-12(13)15-8-4-2-1-3-5-9-15/h6-7,10H,1-5,8-9H2,(H2,14,19,20). The summed E-state index contributed by atoms with van der Waals surface area (Å²) >= 11 is 0. The number of rotatable bonds is 3. The van der Waals surface area contributed by atoms with Gasteiger partial charge in [-0.15, -0.1) is 0 Å². The highest BCUT2D eigenvalue weighted by Crippen LogP contribution is 2.30. The molecule has 0 atom stereocenters. The van der Waals surface area contributed by atoms with Crippen molar-refractivity contribution in [3.05, 3.63) is 28.3 Å². The Labute approximate surface area is 123 Å². The zero-order valence-corrected chi connectivity index (χ0v) is 12.5. The minimum Gasteiger partial charge on any atom is -0.370 e. The minimum absolute atomic E-state index is 0.169. The van der Waals surface area contributed by atoms with Gasteiger partial charge in [0.25, 0.3) is 5.69 Å². The second-order valence-corrected chi connectivity index (χ2v) is 6.74. The predicted molar refractivity (Wildman–Crippen MR) is 79.8 cm³/mol. The first-order valence-electron chi connectivity index (χ1n) is 6.96. The Morgan fingerprint density at radius 2 is 1.67 bits per heavy atom. The highest BCUT2D eigenvalue weighted by Gasteiger charge is 2.22. The van der Waals surface area contributed by atoms with Crippen molar-refractivity contribution in [3.63, 3.8) is 0 Å². The van der Waals surface area contributed by atoms with E-state index in [2.05, 4.69) is 0 Å². The lowest BCUT2D eigenvalue weighted by molar-refractivity contribution is -0.385. The lowest BCUT2D eigenvalue weighted by Gasteiger charge is -2.28. The molecular formula is C13H19N3O4S. The van der Waals surface area contributed by atoms with Crippen LogP contribution < -0.4 is 10.0 Å². The maximum absolute atomic E-state index is 11.8. The molecule has 2 N–H and O–H groups in total. The molecule has 1 fully saturated rings. The third-order valence-corrected chi connectivity index (χ3v) is 4.60. The molecule has 116 valence electrons. The number of primary sulfonamides is 1. The number of nitrogens with zero attached hydrogens (tertiary/aromatic N) is 2. The van der Waals surface area contributed by atoms with Crippen LogP contribution in [0.15, 0.2) is 23.1 Å². The first-order valence-corrected chi connectivity index (χ1v) is 8.50. The van der Waals surface area contributed by atoms with Gasteiger partial charge in [-0.2, -0.15) is 0 Å². The Hall–Kier alpha value is -1.67. The molecule has 7 nitrogen and oxygen atoms in total. The van der Waals surface area contributed by atoms with Gasteiger partial charge in [0.2, 0.25) is 10.0 Å². The molecule has 0 aliphatic carbocycles. The third kappa shape index (κ3) is 3.92. The van der Waals surface area contributed by atoms with Crippen LogP contribution >= 0.6 is 0 Å². The van der Waals surface area contributed by atoms with Crippen LogP contribution in [0.4, 0.5) is 11.4 Å². The van der Waals surface area contributed by atoms with Crippen LogP contribution in [0.3, 0.4) is 0 Å². The Balaban J connectivity index is 2.43. The van der Waals surface area contributed by atoms with E-state index in [0.29, 0.717) is 5.69 Å². The molecule has 1 heterocycles. The summed E-state index contributed by atoms with van der Waals surface area (Å²) in [5.74, 6) is 0. The van der Waals surface area contributed by atoms with E-state index >= 15 is 0 Å². The van der Waals surface area contributed by atoms with Crippen molar-refractivity contribution in [1.29, 1.82) is 0 Å². The summed E-state index contributed by atoms with van der Waals surface area (Å²) in [5.41, 5.74) is 0.194. The predicted octanol–water partition coefficient (Wildman–Crippen LogP) is 2.01. The molecule has 1 aromatic carbocycles. The van der Waals surface area contributed by atoms with Crippen LogP contribution in [-0.2, 0) is 10.0 Å². The summed E-state index contributed by atoms with van der Waals surface area (Å²) in [4.78, 5) is 12.0. The zero-order valence-electron chi connectivity index (χ0n) is 11.7. The van der Waals surface area contributed by atoms with E-state index in [1.54, 1.807) is 0 Å². The molecule has 2 rings (SSSR count). The number of sulfonamides is 1. The summed E-state index contributed by atoms with van der Waals surface area (Å²) < 4.78 is 23.5. The molecule has 0 unspecified atom stereocenters. The van der Waals surface area contributed by atoms with E-state index in [-0.39, 0.29) is 10.6 Å². The van der Waals surface area contributed by atoms with E-state index < -0.39 is 14.9 Å². The van der Waals surface area contributed by atoms with E-state index in [1.807, 2.05) is 4.90 Å². The molecule has 0 bridgehead atoms. The van der Waals surface area contributed by atoms with Crippen molar-refractivity contribution in [3.8, 4) is 0 Å². The molecule has 1 aliphatic rings. The molecule has 8 heteroatoms. The van der Waals surface area contributed by atoms with Crippen LogP contribution in [0.1, 0.15) is 32.1 Å². The highest BCUT2D eigenvalue weighted by molar-refractivity contribution is 7.89. The monoisotopic (exact) mass is 313 g/mol. The highest BCUT2D eigenvalue weighted by atomic mass is 32.2. The molecule has 1 aromatic rings. The van der Waals surface area contributed by atoms with Crippen molar-refractivity contribution < 1.29 is 13.3 Å². The average molecular weight is 313 g/mol. The number of anilines is 1. The fraction of sp³-hybridized carbons (Fsp3) is 0.538. The number of nitro benzene ring substituents is 1. The van der Waals surface area contributed by atoms with Gasteiger partial charge in [0.05, 0.1) is 10.6 Å². The van der Waals surface area contributed by atoms with Gasteiger partial charge in [-0.1, -0.05) is 19.3 Å². The van der Waals surface area contributed by atoms with Gasteiger partial charge in [0, 0.05) is 25.2 Å². The molecule has 0 amide bonds. The quantitative estimate of drug-likeness (QED) is 0.678. The molecule has 0 spiro atoms. The molecule has 0 saturated carbocycles. The Morgan fingerprint density at radius 1 is 1.10 bits per heavy atom. The van der Waals surface area contributed by atoms with E-state index in [4.69, 9.17) is 5.14 Å². The lowest BCUT2D eigenvalue weighted by Crippen LogP contribution is -2.29. The fourth-order valence-electron chi connectivity index (χ4n) is 2.59. The summed E-state index contributed by atoms with van der Waals surface area (Å²) in [6.07, 6.45) is 5.35. The van der Waals surface area contributed by atoms with Gasteiger partial charge in [-0.25, -0.2) is 13.6 Å². The van der Waals surface area contributed by atoms with Crippen molar-refractivity contribution in [2.75, 3.05) is 18.0 Å². The maximum atomic E-state index is 11.8. The average Bonchev–Trinajstić information content (AvgIpc) is 2.36. The van der Waals surface area contributed by atoms with Gasteiger partial charge >= 0.3 is 0 Å². The molecular weight excluding hydrogens is 294 g/mol. The van der Waals surface area contributed by atoms with Crippen LogP contribution in [0.5, 0.6) is 0 Å². The van der Waals surface area contributed by atoms with Crippen molar-refractivity contribution in [1.82, 2.24) is 0 Å². The summed E-state index contributed by atoms with van der Waals surface area (Å²) in [5, 5.41) is 16.1. The van der Waals surface area contributed by atoms with Gasteiger partial charge in [0.1, 0.15) is 4.90 Å². The fourth-order valence-corrected chi connectivity index (χ4v) is 3.37. The summed E-state index contributed by atoms with van der Waals surface area (Å²) in [6.45, 7) is 1.47. The van der Waals surface area contributed by atoms with E-state index in [9.17, 15) is 18.5 Å². The van der Waals surface area contributed by atoms with Crippen LogP contribution in [0.25, 0.3) is 0 Å². The number of benzene rings is 1. The van der Waals surface area contributed by atoms with Gasteiger partial charge < -0.3 is 4.90 Å². The van der Waals surface area contributed by atoms with Crippen LogP contribution in [0.2, 0.25) is 0 Å². The number of nitro groups is 1. The number of hydrogen-bond acceptors (Lipinski definition) is 5. The summed E-state index contributed by atoms with van der Waals surface area (Å²) in [6, 6.07) is 3.85. The molecule has 0 radical (unpaired) electrons. The molecule has 0 aromatic heterocycles. The first kappa shape index (κ1) is 15.7. The topological polar surface area (TPSA) is 107 Å². The van der Waals surface area contributed by atoms with Gasteiger partial charge in [-0.3, -0.25) is 10.1 Å². The SMILES string of the molecule is NS(=O)(=O)c1cc([N+](=O)[O-])ccc1N1CCCCCCC1. The van der Waals surface area contributed by atoms with Crippen molar-refractivity contribution in [2.24, 2.45) is 5.14 Å². The summed E-state index contributed by atoms with van der Waals surface area (Å²) in [7, 11) is -4.01.